The molecule has 5 nitrogen and oxygen atoms in total. The maximum atomic E-state index is 13.6. The quantitative estimate of drug-likeness (QED) is 0.550. The third-order valence-electron chi connectivity index (χ3n) is 6.04. The number of nitrogens with zero attached hydrogens (tertiary/aromatic N) is 3. The van der Waals surface area contributed by atoms with Crippen LogP contribution in [0.3, 0.4) is 0 Å². The summed E-state index contributed by atoms with van der Waals surface area (Å²) in [6, 6.07) is 10.3. The van der Waals surface area contributed by atoms with Crippen molar-refractivity contribution in [3.05, 3.63) is 58.1 Å². The van der Waals surface area contributed by atoms with Gasteiger partial charge in [-0.05, 0) is 69.0 Å². The van der Waals surface area contributed by atoms with E-state index in [2.05, 4.69) is 43.9 Å². The van der Waals surface area contributed by atoms with Gasteiger partial charge in [0.2, 0.25) is 0 Å². The number of ether oxygens (including phenoxy) is 1. The topological polar surface area (TPSA) is 45.7 Å². The molecule has 2 heterocycles. The van der Waals surface area contributed by atoms with E-state index in [0.717, 1.165) is 65.7 Å². The fourth-order valence-corrected chi connectivity index (χ4v) is 5.11. The van der Waals surface area contributed by atoms with Crippen molar-refractivity contribution in [2.75, 3.05) is 44.3 Å². The number of hydrogen-bond acceptors (Lipinski definition) is 5. The van der Waals surface area contributed by atoms with Gasteiger partial charge in [0, 0.05) is 31.7 Å². The number of aryl methyl sites for hydroxylation is 4. The Morgan fingerprint density at radius 1 is 1.06 bits per heavy atom. The van der Waals surface area contributed by atoms with Crippen molar-refractivity contribution in [2.24, 2.45) is 0 Å². The van der Waals surface area contributed by atoms with Crippen LogP contribution in [-0.4, -0.2) is 55.2 Å². The predicted molar refractivity (Wildman–Crippen MR) is 129 cm³/mol. The number of hydrogen-bond donors (Lipinski definition) is 0. The number of anilines is 1. The minimum absolute atomic E-state index is 0.0342. The predicted octanol–water partition coefficient (Wildman–Crippen LogP) is 4.90. The van der Waals surface area contributed by atoms with Crippen molar-refractivity contribution in [1.29, 1.82) is 0 Å². The molecule has 0 saturated carbocycles. The minimum Gasteiger partial charge on any atom is -0.379 e. The SMILES string of the molecule is Cc1ccc(C(=O)N(CCCN2CCOCC2)c2nc3cc(C)c(C)cc3s2)c(C)c1. The Labute approximate surface area is 188 Å². The third kappa shape index (κ3) is 4.97. The summed E-state index contributed by atoms with van der Waals surface area (Å²) in [7, 11) is 0. The number of amides is 1. The standard InChI is InChI=1S/C25H31N3O2S/c1-17-6-7-21(20(4)14-17)24(29)28(9-5-8-27-10-12-30-13-11-27)25-26-22-15-18(2)19(3)16-23(22)31-25/h6-7,14-16H,5,8-13H2,1-4H3. The van der Waals surface area contributed by atoms with E-state index in [-0.39, 0.29) is 5.91 Å². The second-order valence-electron chi connectivity index (χ2n) is 8.48. The van der Waals surface area contributed by atoms with Crippen LogP contribution in [0.1, 0.15) is 39.0 Å². The highest BCUT2D eigenvalue weighted by molar-refractivity contribution is 7.22. The normalized spacial score (nSPS) is 14.8. The van der Waals surface area contributed by atoms with Crippen LogP contribution < -0.4 is 4.90 Å². The molecule has 2 aromatic carbocycles. The van der Waals surface area contributed by atoms with E-state index < -0.39 is 0 Å². The Balaban J connectivity index is 1.62. The number of fused-ring (bicyclic) bond motifs is 1. The van der Waals surface area contributed by atoms with Crippen LogP contribution in [0, 0.1) is 27.7 Å². The van der Waals surface area contributed by atoms with Crippen LogP contribution in [0.2, 0.25) is 0 Å². The Morgan fingerprint density at radius 3 is 2.55 bits per heavy atom. The molecule has 0 atom stereocenters. The van der Waals surface area contributed by atoms with Crippen LogP contribution in [0.5, 0.6) is 0 Å². The van der Waals surface area contributed by atoms with Crippen molar-refractivity contribution in [1.82, 2.24) is 9.88 Å². The van der Waals surface area contributed by atoms with Gasteiger partial charge in [-0.3, -0.25) is 14.6 Å². The van der Waals surface area contributed by atoms with Crippen LogP contribution in [0.4, 0.5) is 5.13 Å². The summed E-state index contributed by atoms with van der Waals surface area (Å²) < 4.78 is 6.58. The van der Waals surface area contributed by atoms with Crippen molar-refractivity contribution in [3.8, 4) is 0 Å². The molecule has 3 aromatic rings. The minimum atomic E-state index is 0.0342. The van der Waals surface area contributed by atoms with Crippen LogP contribution >= 0.6 is 11.3 Å². The second-order valence-corrected chi connectivity index (χ2v) is 9.49. The average Bonchev–Trinajstić information content (AvgIpc) is 3.14. The Bertz CT molecular complexity index is 1050. The maximum Gasteiger partial charge on any atom is 0.260 e. The second kappa shape index (κ2) is 9.47. The first kappa shape index (κ1) is 21.9. The fourth-order valence-electron chi connectivity index (χ4n) is 4.04. The highest BCUT2D eigenvalue weighted by Crippen LogP contribution is 2.32. The molecule has 0 spiro atoms. The van der Waals surface area contributed by atoms with E-state index in [1.165, 1.54) is 16.7 Å². The molecule has 0 aliphatic carbocycles. The Morgan fingerprint density at radius 2 is 1.81 bits per heavy atom. The van der Waals surface area contributed by atoms with Gasteiger partial charge in [-0.1, -0.05) is 29.0 Å². The average molecular weight is 438 g/mol. The van der Waals surface area contributed by atoms with E-state index in [9.17, 15) is 4.79 Å². The molecule has 6 heteroatoms. The largest absolute Gasteiger partial charge is 0.379 e. The molecule has 1 aliphatic heterocycles. The molecule has 1 saturated heterocycles. The van der Waals surface area contributed by atoms with E-state index >= 15 is 0 Å². The molecule has 164 valence electrons. The first-order valence-electron chi connectivity index (χ1n) is 11.0. The van der Waals surface area contributed by atoms with Crippen molar-refractivity contribution in [3.63, 3.8) is 0 Å². The Kier molecular flexibility index (Phi) is 6.70. The van der Waals surface area contributed by atoms with Gasteiger partial charge in [-0.15, -0.1) is 0 Å². The summed E-state index contributed by atoms with van der Waals surface area (Å²) in [5.74, 6) is 0.0342. The van der Waals surface area contributed by atoms with Crippen molar-refractivity contribution in [2.45, 2.75) is 34.1 Å². The van der Waals surface area contributed by atoms with Gasteiger partial charge >= 0.3 is 0 Å². The number of thiazole rings is 1. The van der Waals surface area contributed by atoms with E-state index in [4.69, 9.17) is 9.72 Å². The number of rotatable bonds is 6. The van der Waals surface area contributed by atoms with Gasteiger partial charge in [0.1, 0.15) is 0 Å². The zero-order valence-corrected chi connectivity index (χ0v) is 19.7. The summed E-state index contributed by atoms with van der Waals surface area (Å²) in [4.78, 5) is 22.8. The van der Waals surface area contributed by atoms with E-state index in [0.29, 0.717) is 6.54 Å². The first-order valence-corrected chi connectivity index (χ1v) is 11.8. The smallest absolute Gasteiger partial charge is 0.260 e. The maximum absolute atomic E-state index is 13.6. The number of carbonyl (C=O) groups is 1. The van der Waals surface area contributed by atoms with Gasteiger partial charge in [0.05, 0.1) is 23.4 Å². The van der Waals surface area contributed by atoms with Crippen molar-refractivity contribution >= 4 is 32.6 Å². The molecule has 1 amide bonds. The summed E-state index contributed by atoms with van der Waals surface area (Å²) in [5, 5.41) is 0.784. The lowest BCUT2D eigenvalue weighted by Crippen LogP contribution is -2.39. The summed E-state index contributed by atoms with van der Waals surface area (Å²) in [6.07, 6.45) is 0.907. The lowest BCUT2D eigenvalue weighted by molar-refractivity contribution is 0.0376. The zero-order chi connectivity index (χ0) is 22.0. The van der Waals surface area contributed by atoms with Gasteiger partial charge in [-0.2, -0.15) is 0 Å². The third-order valence-corrected chi connectivity index (χ3v) is 7.08. The number of morpholine rings is 1. The van der Waals surface area contributed by atoms with Gasteiger partial charge in [0.15, 0.2) is 5.13 Å². The lowest BCUT2D eigenvalue weighted by Gasteiger charge is -2.28. The van der Waals surface area contributed by atoms with E-state index in [1.807, 2.05) is 24.0 Å². The number of carbonyl (C=O) groups excluding carboxylic acids is 1. The molecule has 4 rings (SSSR count). The Hall–Kier alpha value is -2.28. The van der Waals surface area contributed by atoms with Gasteiger partial charge in [-0.25, -0.2) is 4.98 Å². The van der Waals surface area contributed by atoms with Gasteiger partial charge < -0.3 is 4.74 Å². The first-order chi connectivity index (χ1) is 14.9. The molecular weight excluding hydrogens is 406 g/mol. The fraction of sp³-hybridized carbons (Fsp3) is 0.440. The molecule has 0 unspecified atom stereocenters. The molecule has 1 fully saturated rings. The highest BCUT2D eigenvalue weighted by atomic mass is 32.1. The molecule has 0 bridgehead atoms. The van der Waals surface area contributed by atoms with Crippen LogP contribution in [0.25, 0.3) is 10.2 Å². The lowest BCUT2D eigenvalue weighted by atomic mass is 10.0. The van der Waals surface area contributed by atoms with E-state index in [1.54, 1.807) is 11.3 Å². The van der Waals surface area contributed by atoms with Crippen LogP contribution in [0.15, 0.2) is 30.3 Å². The zero-order valence-electron chi connectivity index (χ0n) is 18.9. The molecule has 1 aliphatic rings. The number of aromatic nitrogens is 1. The van der Waals surface area contributed by atoms with Crippen molar-refractivity contribution < 1.29 is 9.53 Å². The van der Waals surface area contributed by atoms with Gasteiger partial charge in [0.25, 0.3) is 5.91 Å². The monoisotopic (exact) mass is 437 g/mol. The summed E-state index contributed by atoms with van der Waals surface area (Å²) in [6.45, 7) is 13.4. The number of benzene rings is 2. The molecular formula is C25H31N3O2S. The summed E-state index contributed by atoms with van der Waals surface area (Å²) >= 11 is 1.61. The summed E-state index contributed by atoms with van der Waals surface area (Å²) in [5.41, 5.74) is 6.37. The molecule has 0 radical (unpaired) electrons. The molecule has 0 N–H and O–H groups in total. The van der Waals surface area contributed by atoms with Crippen LogP contribution in [-0.2, 0) is 4.74 Å². The highest BCUT2D eigenvalue weighted by Gasteiger charge is 2.23. The molecule has 31 heavy (non-hydrogen) atoms. The molecule has 1 aromatic heterocycles.